The zero-order valence-electron chi connectivity index (χ0n) is 16.8. The molecule has 0 aliphatic carbocycles. The van der Waals surface area contributed by atoms with Gasteiger partial charge in [-0.3, -0.25) is 9.59 Å². The molecule has 0 bridgehead atoms. The quantitative estimate of drug-likeness (QED) is 0.598. The van der Waals surface area contributed by atoms with Crippen LogP contribution in [0.25, 0.3) is 0 Å². The summed E-state index contributed by atoms with van der Waals surface area (Å²) in [7, 11) is 0. The largest absolute Gasteiger partial charge is 0.492 e. The van der Waals surface area contributed by atoms with Gasteiger partial charge in [0.2, 0.25) is 11.8 Å². The van der Waals surface area contributed by atoms with E-state index in [9.17, 15) is 22.8 Å². The Labute approximate surface area is 173 Å². The first-order valence-electron chi connectivity index (χ1n) is 9.59. The number of carbonyl (C=O) groups is 2. The number of halogens is 3. The SMILES string of the molecule is CC(C)CC(=O)NC(C(=O)NCCOc1ccc(C(F)(F)F)cc1)c1ccccc1. The van der Waals surface area contributed by atoms with Gasteiger partial charge in [0.05, 0.1) is 12.1 Å². The van der Waals surface area contributed by atoms with E-state index in [1.807, 2.05) is 19.9 Å². The predicted molar refractivity (Wildman–Crippen MR) is 107 cm³/mol. The summed E-state index contributed by atoms with van der Waals surface area (Å²) in [5.74, 6) is -0.201. The van der Waals surface area contributed by atoms with Crippen LogP contribution in [0.2, 0.25) is 0 Å². The van der Waals surface area contributed by atoms with Gasteiger partial charge in [-0.25, -0.2) is 0 Å². The number of carbonyl (C=O) groups excluding carboxylic acids is 2. The minimum absolute atomic E-state index is 0.0680. The lowest BCUT2D eigenvalue weighted by Crippen LogP contribution is -2.41. The lowest BCUT2D eigenvalue weighted by atomic mass is 10.0. The van der Waals surface area contributed by atoms with Crippen molar-refractivity contribution in [2.75, 3.05) is 13.2 Å². The molecule has 8 heteroatoms. The van der Waals surface area contributed by atoms with Gasteiger partial charge in [-0.2, -0.15) is 13.2 Å². The number of amides is 2. The Morgan fingerprint density at radius 1 is 1.00 bits per heavy atom. The Morgan fingerprint density at radius 2 is 1.63 bits per heavy atom. The van der Waals surface area contributed by atoms with Crippen LogP contribution in [-0.2, 0) is 15.8 Å². The fourth-order valence-corrected chi connectivity index (χ4v) is 2.72. The second-order valence-electron chi connectivity index (χ2n) is 7.17. The maximum Gasteiger partial charge on any atom is 0.416 e. The van der Waals surface area contributed by atoms with Crippen LogP contribution in [0.15, 0.2) is 54.6 Å². The summed E-state index contributed by atoms with van der Waals surface area (Å²) >= 11 is 0. The third-order valence-corrected chi connectivity index (χ3v) is 4.15. The Bertz CT molecular complexity index is 822. The first-order valence-corrected chi connectivity index (χ1v) is 9.59. The molecule has 0 heterocycles. The van der Waals surface area contributed by atoms with Crippen LogP contribution in [0, 0.1) is 5.92 Å². The van der Waals surface area contributed by atoms with Crippen LogP contribution >= 0.6 is 0 Å². The molecule has 1 unspecified atom stereocenters. The molecule has 0 spiro atoms. The van der Waals surface area contributed by atoms with Crippen molar-refractivity contribution >= 4 is 11.8 Å². The average Bonchev–Trinajstić information content (AvgIpc) is 2.69. The summed E-state index contributed by atoms with van der Waals surface area (Å²) in [4.78, 5) is 24.8. The first kappa shape index (κ1) is 23.3. The van der Waals surface area contributed by atoms with Crippen LogP contribution in [0.1, 0.15) is 37.4 Å². The Morgan fingerprint density at radius 3 is 2.20 bits per heavy atom. The third kappa shape index (κ3) is 7.42. The number of nitrogens with one attached hydrogen (secondary N) is 2. The third-order valence-electron chi connectivity index (χ3n) is 4.15. The monoisotopic (exact) mass is 422 g/mol. The summed E-state index contributed by atoms with van der Waals surface area (Å²) in [6.45, 7) is 4.02. The maximum absolute atomic E-state index is 12.6. The van der Waals surface area contributed by atoms with Crippen molar-refractivity contribution < 1.29 is 27.5 Å². The van der Waals surface area contributed by atoms with Gasteiger partial charge in [-0.1, -0.05) is 44.2 Å². The van der Waals surface area contributed by atoms with Crippen molar-refractivity contribution in [2.24, 2.45) is 5.92 Å². The van der Waals surface area contributed by atoms with Gasteiger partial charge >= 0.3 is 6.18 Å². The van der Waals surface area contributed by atoms with Crippen LogP contribution in [0.3, 0.4) is 0 Å². The summed E-state index contributed by atoms with van der Waals surface area (Å²) in [5, 5.41) is 5.43. The fraction of sp³-hybridized carbons (Fsp3) is 0.364. The van der Waals surface area contributed by atoms with Crippen molar-refractivity contribution in [1.82, 2.24) is 10.6 Å². The Kier molecular flexibility index (Phi) is 8.26. The minimum atomic E-state index is -4.40. The van der Waals surface area contributed by atoms with Crippen LogP contribution in [0.5, 0.6) is 5.75 Å². The van der Waals surface area contributed by atoms with Crippen LogP contribution in [0.4, 0.5) is 13.2 Å². The lowest BCUT2D eigenvalue weighted by Gasteiger charge is -2.19. The number of ether oxygens (including phenoxy) is 1. The highest BCUT2D eigenvalue weighted by molar-refractivity contribution is 5.88. The molecular formula is C22H25F3N2O3. The molecule has 0 radical (unpaired) electrons. The maximum atomic E-state index is 12.6. The minimum Gasteiger partial charge on any atom is -0.492 e. The molecule has 2 rings (SSSR count). The van der Waals surface area contributed by atoms with Crippen molar-refractivity contribution in [3.05, 3.63) is 65.7 Å². The van der Waals surface area contributed by atoms with E-state index in [-0.39, 0.29) is 30.7 Å². The Balaban J connectivity index is 1.90. The zero-order chi connectivity index (χ0) is 22.1. The number of hydrogen-bond acceptors (Lipinski definition) is 3. The van der Waals surface area contributed by atoms with Crippen LogP contribution in [-0.4, -0.2) is 25.0 Å². The van der Waals surface area contributed by atoms with Gasteiger partial charge in [0.25, 0.3) is 0 Å². The second-order valence-corrected chi connectivity index (χ2v) is 7.17. The van der Waals surface area contributed by atoms with Gasteiger partial charge in [0.15, 0.2) is 0 Å². The van der Waals surface area contributed by atoms with Crippen molar-refractivity contribution in [3.63, 3.8) is 0 Å². The highest BCUT2D eigenvalue weighted by Crippen LogP contribution is 2.30. The van der Waals surface area contributed by atoms with Crippen molar-refractivity contribution in [3.8, 4) is 5.75 Å². The van der Waals surface area contributed by atoms with E-state index in [0.717, 1.165) is 12.1 Å². The molecule has 1 atom stereocenters. The molecule has 0 aromatic heterocycles. The topological polar surface area (TPSA) is 67.4 Å². The highest BCUT2D eigenvalue weighted by Gasteiger charge is 2.30. The Hall–Kier alpha value is -3.03. The molecular weight excluding hydrogens is 397 g/mol. The van der Waals surface area contributed by atoms with E-state index < -0.39 is 23.7 Å². The summed E-state index contributed by atoms with van der Waals surface area (Å²) in [5.41, 5.74) is -0.109. The zero-order valence-corrected chi connectivity index (χ0v) is 16.8. The fourth-order valence-electron chi connectivity index (χ4n) is 2.72. The summed E-state index contributed by atoms with van der Waals surface area (Å²) in [6.07, 6.45) is -4.10. The summed E-state index contributed by atoms with van der Waals surface area (Å²) in [6, 6.07) is 12.3. The van der Waals surface area contributed by atoms with Gasteiger partial charge < -0.3 is 15.4 Å². The smallest absolute Gasteiger partial charge is 0.416 e. The van der Waals surface area contributed by atoms with Crippen molar-refractivity contribution in [2.45, 2.75) is 32.5 Å². The molecule has 0 aliphatic rings. The number of rotatable bonds is 9. The van der Waals surface area contributed by atoms with E-state index in [1.165, 1.54) is 12.1 Å². The van der Waals surface area contributed by atoms with E-state index in [1.54, 1.807) is 24.3 Å². The van der Waals surface area contributed by atoms with E-state index in [4.69, 9.17) is 4.74 Å². The predicted octanol–water partition coefficient (Wildman–Crippen LogP) is 4.10. The molecule has 162 valence electrons. The van der Waals surface area contributed by atoms with Gasteiger partial charge in [0.1, 0.15) is 18.4 Å². The molecule has 0 fully saturated rings. The molecule has 5 nitrogen and oxygen atoms in total. The average molecular weight is 422 g/mol. The molecule has 2 aromatic carbocycles. The highest BCUT2D eigenvalue weighted by atomic mass is 19.4. The molecule has 0 aliphatic heterocycles. The lowest BCUT2D eigenvalue weighted by molar-refractivity contribution is -0.137. The van der Waals surface area contributed by atoms with Gasteiger partial charge in [0, 0.05) is 6.42 Å². The summed E-state index contributed by atoms with van der Waals surface area (Å²) < 4.78 is 43.1. The first-order chi connectivity index (χ1) is 14.2. The van der Waals surface area contributed by atoms with Crippen molar-refractivity contribution in [1.29, 1.82) is 0 Å². The van der Waals surface area contributed by atoms with Gasteiger partial charge in [-0.15, -0.1) is 0 Å². The van der Waals surface area contributed by atoms with E-state index >= 15 is 0 Å². The standard InChI is InChI=1S/C22H25F3N2O3/c1-15(2)14-19(28)27-20(16-6-4-3-5-7-16)21(29)26-12-13-30-18-10-8-17(9-11-18)22(23,24)25/h3-11,15,20H,12-14H2,1-2H3,(H,26,29)(H,27,28). The van der Waals surface area contributed by atoms with E-state index in [2.05, 4.69) is 10.6 Å². The normalized spacial score (nSPS) is 12.3. The molecule has 2 amide bonds. The number of hydrogen-bond donors (Lipinski definition) is 2. The number of alkyl halides is 3. The van der Waals surface area contributed by atoms with E-state index in [0.29, 0.717) is 12.0 Å². The number of benzene rings is 2. The molecule has 30 heavy (non-hydrogen) atoms. The molecule has 2 aromatic rings. The van der Waals surface area contributed by atoms with Crippen LogP contribution < -0.4 is 15.4 Å². The van der Waals surface area contributed by atoms with Gasteiger partial charge in [-0.05, 0) is 35.7 Å². The second kappa shape index (κ2) is 10.7. The molecule has 0 saturated heterocycles. The molecule has 0 saturated carbocycles. The molecule has 2 N–H and O–H groups in total.